The Morgan fingerprint density at radius 2 is 1.13 bits per heavy atom. The summed E-state index contributed by atoms with van der Waals surface area (Å²) < 4.78 is 0. The average Bonchev–Trinajstić information content (AvgIpc) is 2.18. The fourth-order valence-corrected chi connectivity index (χ4v) is 2.34. The van der Waals surface area contributed by atoms with E-state index in [2.05, 4.69) is 27.7 Å². The summed E-state index contributed by atoms with van der Waals surface area (Å²) in [6.45, 7) is 9.42. The molecule has 0 aromatic rings. The lowest BCUT2D eigenvalue weighted by atomic mass is 9.93. The first kappa shape index (κ1) is 15.0. The van der Waals surface area contributed by atoms with Crippen molar-refractivity contribution in [1.82, 2.24) is 0 Å². The van der Waals surface area contributed by atoms with E-state index in [-0.39, 0.29) is 0 Å². The molecule has 2 atom stereocenters. The molecular formula is C15H32. The molecule has 0 aromatic carbocycles. The Kier molecular flexibility index (Phi) is 10.5. The molecule has 0 heteroatoms. The zero-order valence-electron chi connectivity index (χ0n) is 11.5. The van der Waals surface area contributed by atoms with Gasteiger partial charge in [0, 0.05) is 0 Å². The zero-order chi connectivity index (χ0) is 11.5. The van der Waals surface area contributed by atoms with Crippen LogP contribution in [0.2, 0.25) is 0 Å². The van der Waals surface area contributed by atoms with Gasteiger partial charge in [-0.15, -0.1) is 0 Å². The van der Waals surface area contributed by atoms with Gasteiger partial charge in [0.15, 0.2) is 0 Å². The first-order chi connectivity index (χ1) is 7.20. The van der Waals surface area contributed by atoms with E-state index in [1.54, 1.807) is 0 Å². The highest BCUT2D eigenvalue weighted by Crippen LogP contribution is 2.19. The maximum atomic E-state index is 2.43. The summed E-state index contributed by atoms with van der Waals surface area (Å²) in [4.78, 5) is 0. The minimum Gasteiger partial charge on any atom is -0.0654 e. The standard InChI is InChI=1S/C15H32/c1-5-7-8-11-15(4)13-9-12-14(3)10-6-2/h14-15H,5-13H2,1-4H3/t14-,15+/m0/s1. The highest BCUT2D eigenvalue weighted by Gasteiger charge is 2.04. The second-order valence-corrected chi connectivity index (χ2v) is 5.43. The van der Waals surface area contributed by atoms with Crippen molar-refractivity contribution in [2.75, 3.05) is 0 Å². The van der Waals surface area contributed by atoms with Crippen molar-refractivity contribution in [2.24, 2.45) is 11.8 Å². The summed E-state index contributed by atoms with van der Waals surface area (Å²) in [6, 6.07) is 0. The smallest absolute Gasteiger partial charge is 0.0443 e. The van der Waals surface area contributed by atoms with Crippen molar-refractivity contribution in [3.8, 4) is 0 Å². The quantitative estimate of drug-likeness (QED) is 0.401. The Morgan fingerprint density at radius 3 is 1.67 bits per heavy atom. The van der Waals surface area contributed by atoms with Gasteiger partial charge >= 0.3 is 0 Å². The second-order valence-electron chi connectivity index (χ2n) is 5.43. The minimum atomic E-state index is 0.956. The summed E-state index contributed by atoms with van der Waals surface area (Å²) in [5, 5.41) is 0. The number of unbranched alkanes of at least 4 members (excludes halogenated alkanes) is 2. The van der Waals surface area contributed by atoms with Crippen molar-refractivity contribution in [3.05, 3.63) is 0 Å². The Balaban J connectivity index is 3.26. The second kappa shape index (κ2) is 10.5. The van der Waals surface area contributed by atoms with Gasteiger partial charge in [-0.1, -0.05) is 85.5 Å². The third-order valence-corrected chi connectivity index (χ3v) is 3.48. The molecule has 0 N–H and O–H groups in total. The van der Waals surface area contributed by atoms with Crippen LogP contribution in [0.4, 0.5) is 0 Å². The monoisotopic (exact) mass is 212 g/mol. The number of rotatable bonds is 10. The van der Waals surface area contributed by atoms with Gasteiger partial charge < -0.3 is 0 Å². The van der Waals surface area contributed by atoms with E-state index in [1.165, 1.54) is 57.8 Å². The molecule has 0 heterocycles. The molecule has 0 saturated heterocycles. The van der Waals surface area contributed by atoms with Crippen LogP contribution in [0.3, 0.4) is 0 Å². The lowest BCUT2D eigenvalue weighted by molar-refractivity contribution is 0.400. The van der Waals surface area contributed by atoms with E-state index in [9.17, 15) is 0 Å². The number of hydrogen-bond acceptors (Lipinski definition) is 0. The third-order valence-electron chi connectivity index (χ3n) is 3.48. The van der Waals surface area contributed by atoms with Crippen molar-refractivity contribution in [3.63, 3.8) is 0 Å². The highest BCUT2D eigenvalue weighted by atomic mass is 14.1. The van der Waals surface area contributed by atoms with E-state index < -0.39 is 0 Å². The first-order valence-electron chi connectivity index (χ1n) is 7.20. The molecule has 0 unspecified atom stereocenters. The fourth-order valence-electron chi connectivity index (χ4n) is 2.34. The van der Waals surface area contributed by atoms with Crippen LogP contribution < -0.4 is 0 Å². The van der Waals surface area contributed by atoms with Crippen LogP contribution >= 0.6 is 0 Å². The predicted molar refractivity (Wildman–Crippen MR) is 71.2 cm³/mol. The molecule has 0 aliphatic rings. The van der Waals surface area contributed by atoms with E-state index in [0.717, 1.165) is 11.8 Å². The summed E-state index contributed by atoms with van der Waals surface area (Å²) in [7, 11) is 0. The van der Waals surface area contributed by atoms with Gasteiger partial charge in [0.1, 0.15) is 0 Å². The van der Waals surface area contributed by atoms with Crippen molar-refractivity contribution in [2.45, 2.75) is 85.5 Å². The van der Waals surface area contributed by atoms with Crippen LogP contribution in [0.15, 0.2) is 0 Å². The third kappa shape index (κ3) is 10.3. The lowest BCUT2D eigenvalue weighted by Gasteiger charge is -2.13. The Hall–Kier alpha value is 0. The van der Waals surface area contributed by atoms with E-state index >= 15 is 0 Å². The van der Waals surface area contributed by atoms with Gasteiger partial charge in [-0.25, -0.2) is 0 Å². The van der Waals surface area contributed by atoms with Gasteiger partial charge in [-0.2, -0.15) is 0 Å². The summed E-state index contributed by atoms with van der Waals surface area (Å²) in [5.41, 5.74) is 0. The van der Waals surface area contributed by atoms with E-state index in [4.69, 9.17) is 0 Å². The largest absolute Gasteiger partial charge is 0.0654 e. The topological polar surface area (TPSA) is 0 Å². The Labute approximate surface area is 97.8 Å². The molecule has 0 amide bonds. The van der Waals surface area contributed by atoms with Crippen LogP contribution in [-0.4, -0.2) is 0 Å². The maximum absolute atomic E-state index is 2.43. The molecule has 0 aliphatic heterocycles. The van der Waals surface area contributed by atoms with Gasteiger partial charge in [-0.05, 0) is 11.8 Å². The van der Waals surface area contributed by atoms with Crippen LogP contribution in [0.25, 0.3) is 0 Å². The summed E-state index contributed by atoms with van der Waals surface area (Å²) in [5.74, 6) is 1.92. The zero-order valence-corrected chi connectivity index (χ0v) is 11.5. The molecule has 0 nitrogen and oxygen atoms in total. The van der Waals surface area contributed by atoms with E-state index in [0.29, 0.717) is 0 Å². The van der Waals surface area contributed by atoms with Crippen LogP contribution in [0.1, 0.15) is 85.5 Å². The van der Waals surface area contributed by atoms with Crippen LogP contribution in [-0.2, 0) is 0 Å². The van der Waals surface area contributed by atoms with E-state index in [1.807, 2.05) is 0 Å². The minimum absolute atomic E-state index is 0.956. The SMILES string of the molecule is CCCCC[C@@H](C)CCC[C@@H](C)CCC. The molecular weight excluding hydrogens is 180 g/mol. The molecule has 0 radical (unpaired) electrons. The molecule has 0 aromatic heterocycles. The molecule has 0 bridgehead atoms. The van der Waals surface area contributed by atoms with Crippen molar-refractivity contribution < 1.29 is 0 Å². The molecule has 0 aliphatic carbocycles. The molecule has 0 spiro atoms. The van der Waals surface area contributed by atoms with Gasteiger partial charge in [0.25, 0.3) is 0 Å². The fraction of sp³-hybridized carbons (Fsp3) is 1.00. The molecule has 0 rings (SSSR count). The predicted octanol–water partition coefficient (Wildman–Crippen LogP) is 5.81. The maximum Gasteiger partial charge on any atom is -0.0443 e. The lowest BCUT2D eigenvalue weighted by Crippen LogP contribution is -1.98. The summed E-state index contributed by atoms with van der Waals surface area (Å²) >= 11 is 0. The van der Waals surface area contributed by atoms with Crippen LogP contribution in [0.5, 0.6) is 0 Å². The van der Waals surface area contributed by atoms with Gasteiger partial charge in [0.2, 0.25) is 0 Å². The molecule has 0 saturated carbocycles. The van der Waals surface area contributed by atoms with Crippen molar-refractivity contribution >= 4 is 0 Å². The molecule has 15 heavy (non-hydrogen) atoms. The Morgan fingerprint density at radius 1 is 0.600 bits per heavy atom. The van der Waals surface area contributed by atoms with Gasteiger partial charge in [-0.3, -0.25) is 0 Å². The average molecular weight is 212 g/mol. The van der Waals surface area contributed by atoms with Crippen LogP contribution in [0, 0.1) is 11.8 Å². The van der Waals surface area contributed by atoms with Gasteiger partial charge in [0.05, 0.1) is 0 Å². The Bertz CT molecular complexity index is 117. The number of hydrogen-bond donors (Lipinski definition) is 0. The molecule has 0 fully saturated rings. The summed E-state index contributed by atoms with van der Waals surface area (Å²) in [6.07, 6.45) is 12.8. The first-order valence-corrected chi connectivity index (χ1v) is 7.20. The normalized spacial score (nSPS) is 15.2. The highest BCUT2D eigenvalue weighted by molar-refractivity contribution is 4.57. The molecule has 92 valence electrons. The van der Waals surface area contributed by atoms with Crippen molar-refractivity contribution in [1.29, 1.82) is 0 Å².